The third kappa shape index (κ3) is 7.60. The maximum absolute atomic E-state index is 13.2. The van der Waals surface area contributed by atoms with Gasteiger partial charge in [0.2, 0.25) is 5.91 Å². The highest BCUT2D eigenvalue weighted by molar-refractivity contribution is 6.35. The second kappa shape index (κ2) is 12.2. The van der Waals surface area contributed by atoms with E-state index in [0.717, 1.165) is 6.42 Å². The van der Waals surface area contributed by atoms with Gasteiger partial charge in [0.05, 0.1) is 0 Å². The fourth-order valence-electron chi connectivity index (χ4n) is 2.98. The van der Waals surface area contributed by atoms with Crippen LogP contribution in [-0.2, 0) is 16.1 Å². The van der Waals surface area contributed by atoms with Crippen molar-refractivity contribution in [3.8, 4) is 5.75 Å². The Kier molecular flexibility index (Phi) is 9.94. The van der Waals surface area contributed by atoms with E-state index in [0.29, 0.717) is 32.8 Å². The molecule has 2 rings (SSSR count). The summed E-state index contributed by atoms with van der Waals surface area (Å²) in [5.74, 6) is -0.0717. The van der Waals surface area contributed by atoms with Crippen molar-refractivity contribution in [1.82, 2.24) is 10.2 Å². The Labute approximate surface area is 198 Å². The van der Waals surface area contributed by atoms with Gasteiger partial charge in [-0.15, -0.1) is 0 Å². The number of halogens is 3. The number of hydrogen-bond donors (Lipinski definition) is 1. The Morgan fingerprint density at radius 3 is 2.35 bits per heavy atom. The largest absolute Gasteiger partial charge is 0.484 e. The molecule has 2 unspecified atom stereocenters. The zero-order valence-electron chi connectivity index (χ0n) is 17.8. The third-order valence-electron chi connectivity index (χ3n) is 4.90. The van der Waals surface area contributed by atoms with Gasteiger partial charge in [-0.1, -0.05) is 60.8 Å². The minimum Gasteiger partial charge on any atom is -0.484 e. The van der Waals surface area contributed by atoms with Gasteiger partial charge in [-0.05, 0) is 55.7 Å². The Hall–Kier alpha value is -1.95. The number of nitrogens with one attached hydrogen (secondary N) is 1. The van der Waals surface area contributed by atoms with E-state index in [2.05, 4.69) is 5.32 Å². The molecule has 1 N–H and O–H groups in total. The van der Waals surface area contributed by atoms with Gasteiger partial charge in [0.15, 0.2) is 6.61 Å². The van der Waals surface area contributed by atoms with Crippen LogP contribution in [0.1, 0.15) is 39.2 Å². The van der Waals surface area contributed by atoms with Crippen LogP contribution in [0, 0.1) is 0 Å². The molecule has 0 saturated carbocycles. The van der Waals surface area contributed by atoms with Crippen molar-refractivity contribution >= 4 is 46.6 Å². The molecule has 8 heteroatoms. The molecule has 0 aliphatic heterocycles. The fourth-order valence-corrected chi connectivity index (χ4v) is 3.63. The molecule has 0 bridgehead atoms. The summed E-state index contributed by atoms with van der Waals surface area (Å²) in [6.07, 6.45) is 1.23. The molecule has 31 heavy (non-hydrogen) atoms. The number of nitrogens with zero attached hydrogens (tertiary/aromatic N) is 1. The van der Waals surface area contributed by atoms with E-state index in [-0.39, 0.29) is 31.0 Å². The van der Waals surface area contributed by atoms with Gasteiger partial charge in [-0.2, -0.15) is 0 Å². The van der Waals surface area contributed by atoms with Crippen molar-refractivity contribution in [2.45, 2.75) is 52.2 Å². The van der Waals surface area contributed by atoms with Crippen LogP contribution in [0.25, 0.3) is 0 Å². The monoisotopic (exact) mass is 484 g/mol. The maximum Gasteiger partial charge on any atom is 0.261 e. The standard InChI is InChI=1S/C23H27Cl3N2O3/c1-4-15(3)27-23(30)21(5-2)28(13-16-9-10-18(25)12-20(16)26)22(29)14-31-19-8-6-7-17(24)11-19/h6-12,15,21H,4-5,13-14H2,1-3H3,(H,27,30). The summed E-state index contributed by atoms with van der Waals surface area (Å²) < 4.78 is 5.63. The quantitative estimate of drug-likeness (QED) is 0.466. The van der Waals surface area contributed by atoms with E-state index in [1.807, 2.05) is 20.8 Å². The molecule has 0 radical (unpaired) electrons. The van der Waals surface area contributed by atoms with Gasteiger partial charge in [-0.25, -0.2) is 0 Å². The normalized spacial score (nSPS) is 12.7. The topological polar surface area (TPSA) is 58.6 Å². The first-order chi connectivity index (χ1) is 14.7. The van der Waals surface area contributed by atoms with Crippen LogP contribution in [-0.4, -0.2) is 35.4 Å². The van der Waals surface area contributed by atoms with Gasteiger partial charge in [0, 0.05) is 27.7 Å². The molecule has 168 valence electrons. The second-order valence-electron chi connectivity index (χ2n) is 7.25. The predicted octanol–water partition coefficient (Wildman–Crippen LogP) is 5.75. The van der Waals surface area contributed by atoms with Crippen molar-refractivity contribution in [2.75, 3.05) is 6.61 Å². The second-order valence-corrected chi connectivity index (χ2v) is 8.53. The lowest BCUT2D eigenvalue weighted by Crippen LogP contribution is -2.51. The number of rotatable bonds is 10. The molecule has 0 fully saturated rings. The van der Waals surface area contributed by atoms with Gasteiger partial charge >= 0.3 is 0 Å². The molecule has 0 aromatic heterocycles. The number of hydrogen-bond acceptors (Lipinski definition) is 3. The Morgan fingerprint density at radius 1 is 1.03 bits per heavy atom. The Morgan fingerprint density at radius 2 is 1.74 bits per heavy atom. The molecule has 0 spiro atoms. The van der Waals surface area contributed by atoms with E-state index in [1.54, 1.807) is 42.5 Å². The summed E-state index contributed by atoms with van der Waals surface area (Å²) in [7, 11) is 0. The molecule has 2 aromatic rings. The van der Waals surface area contributed by atoms with E-state index < -0.39 is 6.04 Å². The van der Waals surface area contributed by atoms with Gasteiger partial charge in [0.25, 0.3) is 5.91 Å². The lowest BCUT2D eigenvalue weighted by Gasteiger charge is -2.31. The van der Waals surface area contributed by atoms with E-state index in [4.69, 9.17) is 39.5 Å². The van der Waals surface area contributed by atoms with E-state index >= 15 is 0 Å². The van der Waals surface area contributed by atoms with Crippen LogP contribution < -0.4 is 10.1 Å². The van der Waals surface area contributed by atoms with Crippen LogP contribution in [0.3, 0.4) is 0 Å². The third-order valence-corrected chi connectivity index (χ3v) is 5.72. The summed E-state index contributed by atoms with van der Waals surface area (Å²) in [5, 5.41) is 4.40. The molecular weight excluding hydrogens is 459 g/mol. The first kappa shape index (κ1) is 25.3. The smallest absolute Gasteiger partial charge is 0.261 e. The molecule has 0 heterocycles. The lowest BCUT2D eigenvalue weighted by atomic mass is 10.1. The zero-order valence-corrected chi connectivity index (χ0v) is 20.1. The van der Waals surface area contributed by atoms with Crippen LogP contribution in [0.15, 0.2) is 42.5 Å². The first-order valence-corrected chi connectivity index (χ1v) is 11.3. The number of benzene rings is 2. The van der Waals surface area contributed by atoms with Crippen LogP contribution in [0.4, 0.5) is 0 Å². The molecule has 5 nitrogen and oxygen atoms in total. The van der Waals surface area contributed by atoms with Crippen molar-refractivity contribution < 1.29 is 14.3 Å². The van der Waals surface area contributed by atoms with Crippen LogP contribution in [0.5, 0.6) is 5.75 Å². The zero-order chi connectivity index (χ0) is 23.0. The lowest BCUT2D eigenvalue weighted by molar-refractivity contribution is -0.143. The average molecular weight is 486 g/mol. The van der Waals surface area contributed by atoms with Gasteiger partial charge < -0.3 is 15.0 Å². The molecule has 2 amide bonds. The molecular formula is C23H27Cl3N2O3. The minimum absolute atomic E-state index is 0.000308. The highest BCUT2D eigenvalue weighted by Gasteiger charge is 2.30. The van der Waals surface area contributed by atoms with E-state index in [9.17, 15) is 9.59 Å². The first-order valence-electron chi connectivity index (χ1n) is 10.2. The Balaban J connectivity index is 2.26. The summed E-state index contributed by atoms with van der Waals surface area (Å²) in [6, 6.07) is 11.2. The van der Waals surface area contributed by atoms with Crippen molar-refractivity contribution in [2.24, 2.45) is 0 Å². The Bertz CT molecular complexity index is 907. The van der Waals surface area contributed by atoms with Gasteiger partial charge in [0.1, 0.15) is 11.8 Å². The highest BCUT2D eigenvalue weighted by Crippen LogP contribution is 2.24. The van der Waals surface area contributed by atoms with Gasteiger partial charge in [-0.3, -0.25) is 9.59 Å². The summed E-state index contributed by atoms with van der Waals surface area (Å²) in [4.78, 5) is 27.6. The molecule has 0 aliphatic rings. The fraction of sp³-hybridized carbons (Fsp3) is 0.391. The van der Waals surface area contributed by atoms with Crippen LogP contribution in [0.2, 0.25) is 15.1 Å². The van der Waals surface area contributed by atoms with Crippen molar-refractivity contribution in [3.05, 3.63) is 63.1 Å². The summed E-state index contributed by atoms with van der Waals surface area (Å²) >= 11 is 18.3. The molecule has 0 saturated heterocycles. The van der Waals surface area contributed by atoms with Crippen molar-refractivity contribution in [1.29, 1.82) is 0 Å². The predicted molar refractivity (Wildman–Crippen MR) is 126 cm³/mol. The van der Waals surface area contributed by atoms with Crippen molar-refractivity contribution in [3.63, 3.8) is 0 Å². The maximum atomic E-state index is 13.2. The SMILES string of the molecule is CCC(C)NC(=O)C(CC)N(Cc1ccc(Cl)cc1Cl)C(=O)COc1cccc(Cl)c1. The van der Waals surface area contributed by atoms with Crippen LogP contribution >= 0.6 is 34.8 Å². The molecule has 2 aromatic carbocycles. The van der Waals surface area contributed by atoms with E-state index in [1.165, 1.54) is 4.90 Å². The highest BCUT2D eigenvalue weighted by atomic mass is 35.5. The molecule has 2 atom stereocenters. The number of carbonyl (C=O) groups is 2. The number of amides is 2. The summed E-state index contributed by atoms with van der Waals surface area (Å²) in [6.45, 7) is 5.69. The number of ether oxygens (including phenoxy) is 1. The average Bonchev–Trinajstić information content (AvgIpc) is 2.73. The molecule has 0 aliphatic carbocycles. The summed E-state index contributed by atoms with van der Waals surface area (Å²) in [5.41, 5.74) is 0.692. The number of carbonyl (C=O) groups excluding carboxylic acids is 2. The minimum atomic E-state index is -0.670.